The van der Waals surface area contributed by atoms with Gasteiger partial charge < -0.3 is 10.2 Å². The monoisotopic (exact) mass is 365 g/mol. The molecule has 0 radical (unpaired) electrons. The number of aromatic nitrogens is 3. The number of pyridine rings is 1. The van der Waals surface area contributed by atoms with Crippen molar-refractivity contribution in [3.63, 3.8) is 0 Å². The van der Waals surface area contributed by atoms with Crippen molar-refractivity contribution < 1.29 is 4.79 Å². The van der Waals surface area contributed by atoms with Crippen LogP contribution in [0.5, 0.6) is 0 Å². The third-order valence-electron chi connectivity index (χ3n) is 5.61. The number of anilines is 1. The minimum atomic E-state index is -0.194. The number of nitrogens with zero attached hydrogens (tertiary/aromatic N) is 4. The number of likely N-dealkylation sites (tertiary alicyclic amines) is 1. The fourth-order valence-corrected chi connectivity index (χ4v) is 4.12. The van der Waals surface area contributed by atoms with E-state index >= 15 is 0 Å². The highest BCUT2D eigenvalue weighted by molar-refractivity contribution is 6.02. The number of carbonyl (C=O) groups excluding carboxylic acids is 1. The van der Waals surface area contributed by atoms with E-state index < -0.39 is 0 Å². The first-order chi connectivity index (χ1) is 13.3. The van der Waals surface area contributed by atoms with Crippen LogP contribution in [0, 0.1) is 5.92 Å². The molecule has 1 fully saturated rings. The molecule has 27 heavy (non-hydrogen) atoms. The maximum Gasteiger partial charge on any atom is 0.275 e. The fraction of sp³-hybridized carbons (Fsp3) is 0.476. The van der Waals surface area contributed by atoms with Gasteiger partial charge in [-0.25, -0.2) is 4.68 Å². The van der Waals surface area contributed by atoms with E-state index in [0.29, 0.717) is 11.7 Å². The Morgan fingerprint density at radius 1 is 1.11 bits per heavy atom. The summed E-state index contributed by atoms with van der Waals surface area (Å²) in [6, 6.07) is 7.54. The van der Waals surface area contributed by atoms with Crippen LogP contribution < -0.4 is 5.32 Å². The highest BCUT2D eigenvalue weighted by Gasteiger charge is 2.25. The molecule has 1 aliphatic carbocycles. The van der Waals surface area contributed by atoms with Crippen LogP contribution >= 0.6 is 0 Å². The first-order valence-electron chi connectivity index (χ1n) is 9.93. The maximum absolute atomic E-state index is 12.4. The number of hydrogen-bond acceptors (Lipinski definition) is 4. The van der Waals surface area contributed by atoms with E-state index in [9.17, 15) is 4.79 Å². The maximum atomic E-state index is 12.4. The van der Waals surface area contributed by atoms with Gasteiger partial charge in [0.1, 0.15) is 11.5 Å². The number of rotatable bonds is 5. The summed E-state index contributed by atoms with van der Waals surface area (Å²) in [5.74, 6) is 1.37. The van der Waals surface area contributed by atoms with Gasteiger partial charge in [0.05, 0.1) is 12.2 Å². The molecule has 0 spiro atoms. The molecule has 2 aliphatic rings. The SMILES string of the molecule is O=C(Nc1ccnn1C1CCN(CC2CC=CCC2)CC1)c1ccccn1. The predicted molar refractivity (Wildman–Crippen MR) is 106 cm³/mol. The van der Waals surface area contributed by atoms with E-state index in [-0.39, 0.29) is 5.91 Å². The van der Waals surface area contributed by atoms with Crippen molar-refractivity contribution in [1.82, 2.24) is 19.7 Å². The second-order valence-electron chi connectivity index (χ2n) is 7.51. The highest BCUT2D eigenvalue weighted by atomic mass is 16.2. The largest absolute Gasteiger partial charge is 0.305 e. The van der Waals surface area contributed by atoms with Gasteiger partial charge in [0.25, 0.3) is 5.91 Å². The highest BCUT2D eigenvalue weighted by Crippen LogP contribution is 2.27. The molecular formula is C21H27N5O. The molecule has 0 saturated carbocycles. The molecule has 1 aliphatic heterocycles. The topological polar surface area (TPSA) is 63.1 Å². The van der Waals surface area contributed by atoms with Crippen molar-refractivity contribution in [2.45, 2.75) is 38.1 Å². The average molecular weight is 365 g/mol. The first kappa shape index (κ1) is 17.9. The molecule has 6 nitrogen and oxygen atoms in total. The summed E-state index contributed by atoms with van der Waals surface area (Å²) in [5.41, 5.74) is 0.418. The molecular weight excluding hydrogens is 338 g/mol. The number of carbonyl (C=O) groups is 1. The van der Waals surface area contributed by atoms with Gasteiger partial charge in [-0.05, 0) is 50.2 Å². The smallest absolute Gasteiger partial charge is 0.275 e. The van der Waals surface area contributed by atoms with Gasteiger partial charge >= 0.3 is 0 Å². The zero-order chi connectivity index (χ0) is 18.5. The van der Waals surface area contributed by atoms with Crippen LogP contribution in [0.3, 0.4) is 0 Å². The lowest BCUT2D eigenvalue weighted by Gasteiger charge is -2.35. The summed E-state index contributed by atoms with van der Waals surface area (Å²) in [5, 5.41) is 7.44. The van der Waals surface area contributed by atoms with Crippen LogP contribution in [0.2, 0.25) is 0 Å². The van der Waals surface area contributed by atoms with Crippen LogP contribution in [0.1, 0.15) is 48.6 Å². The van der Waals surface area contributed by atoms with Crippen molar-refractivity contribution in [3.8, 4) is 0 Å². The van der Waals surface area contributed by atoms with Gasteiger partial charge in [-0.2, -0.15) is 5.10 Å². The molecule has 6 heteroatoms. The van der Waals surface area contributed by atoms with Crippen LogP contribution in [0.15, 0.2) is 48.8 Å². The minimum Gasteiger partial charge on any atom is -0.305 e. The van der Waals surface area contributed by atoms with Gasteiger partial charge in [0.15, 0.2) is 0 Å². The van der Waals surface area contributed by atoms with Crippen molar-refractivity contribution >= 4 is 11.7 Å². The Bertz CT molecular complexity index is 777. The summed E-state index contributed by atoms with van der Waals surface area (Å²) in [4.78, 5) is 19.1. The molecule has 0 bridgehead atoms. The standard InChI is InChI=1S/C21H27N5O/c27-21(19-8-4-5-12-22-19)24-20-9-13-23-26(20)18-10-14-25(15-11-18)16-17-6-2-1-3-7-17/h1-2,4-5,8-9,12-13,17-18H,3,6-7,10-11,14-16H2,(H,24,27). The molecule has 3 heterocycles. The Morgan fingerprint density at radius 3 is 2.74 bits per heavy atom. The van der Waals surface area contributed by atoms with E-state index in [2.05, 4.69) is 32.5 Å². The van der Waals surface area contributed by atoms with Gasteiger partial charge in [-0.15, -0.1) is 0 Å². The fourth-order valence-electron chi connectivity index (χ4n) is 4.12. The van der Waals surface area contributed by atoms with E-state index in [0.717, 1.165) is 37.7 Å². The van der Waals surface area contributed by atoms with Crippen molar-refractivity contribution in [1.29, 1.82) is 0 Å². The molecule has 2 aromatic rings. The van der Waals surface area contributed by atoms with Crippen molar-refractivity contribution in [2.75, 3.05) is 25.0 Å². The molecule has 142 valence electrons. The summed E-state index contributed by atoms with van der Waals surface area (Å²) in [7, 11) is 0. The normalized spacial score (nSPS) is 21.3. The first-order valence-corrected chi connectivity index (χ1v) is 9.93. The molecule has 0 aromatic carbocycles. The zero-order valence-electron chi connectivity index (χ0n) is 15.6. The predicted octanol–water partition coefficient (Wildman–Crippen LogP) is 3.52. The molecule has 1 unspecified atom stereocenters. The van der Waals surface area contributed by atoms with Gasteiger partial charge in [-0.1, -0.05) is 18.2 Å². The summed E-state index contributed by atoms with van der Waals surface area (Å²) in [6.07, 6.45) is 13.9. The van der Waals surface area contributed by atoms with Crippen LogP contribution in [-0.4, -0.2) is 45.2 Å². The van der Waals surface area contributed by atoms with Crippen LogP contribution in [0.25, 0.3) is 0 Å². The van der Waals surface area contributed by atoms with Gasteiger partial charge in [-0.3, -0.25) is 9.78 Å². The van der Waals surface area contributed by atoms with Crippen LogP contribution in [0.4, 0.5) is 5.82 Å². The Kier molecular flexibility index (Phi) is 5.63. The summed E-state index contributed by atoms with van der Waals surface area (Å²) < 4.78 is 1.97. The van der Waals surface area contributed by atoms with Crippen molar-refractivity contribution in [2.24, 2.45) is 5.92 Å². The number of piperidine rings is 1. The lowest BCUT2D eigenvalue weighted by atomic mass is 9.93. The van der Waals surface area contributed by atoms with E-state index in [4.69, 9.17) is 0 Å². The third-order valence-corrected chi connectivity index (χ3v) is 5.61. The van der Waals surface area contributed by atoms with Crippen molar-refractivity contribution in [3.05, 3.63) is 54.5 Å². The summed E-state index contributed by atoms with van der Waals surface area (Å²) in [6.45, 7) is 3.40. The van der Waals surface area contributed by atoms with E-state index in [1.807, 2.05) is 16.8 Å². The lowest BCUT2D eigenvalue weighted by Crippen LogP contribution is -2.38. The Labute approximate surface area is 160 Å². The second-order valence-corrected chi connectivity index (χ2v) is 7.51. The summed E-state index contributed by atoms with van der Waals surface area (Å²) >= 11 is 0. The van der Waals surface area contributed by atoms with E-state index in [1.54, 1.807) is 24.5 Å². The lowest BCUT2D eigenvalue weighted by molar-refractivity contribution is 0.102. The van der Waals surface area contributed by atoms with Crippen LogP contribution in [-0.2, 0) is 0 Å². The van der Waals surface area contributed by atoms with Gasteiger partial charge in [0, 0.05) is 31.9 Å². The number of nitrogens with one attached hydrogen (secondary N) is 1. The Hall–Kier alpha value is -2.47. The molecule has 1 atom stereocenters. The average Bonchev–Trinajstić information content (AvgIpc) is 3.18. The quantitative estimate of drug-likeness (QED) is 0.824. The third kappa shape index (κ3) is 4.45. The molecule has 2 aromatic heterocycles. The Balaban J connectivity index is 1.33. The number of amides is 1. The molecule has 1 N–H and O–H groups in total. The zero-order valence-corrected chi connectivity index (χ0v) is 15.6. The number of allylic oxidation sites excluding steroid dienone is 2. The Morgan fingerprint density at radius 2 is 2.00 bits per heavy atom. The number of hydrogen-bond donors (Lipinski definition) is 1. The molecule has 1 saturated heterocycles. The molecule has 1 amide bonds. The van der Waals surface area contributed by atoms with Gasteiger partial charge in [0.2, 0.25) is 0 Å². The minimum absolute atomic E-state index is 0.194. The molecule has 4 rings (SSSR count). The second kappa shape index (κ2) is 8.48. The van der Waals surface area contributed by atoms with E-state index in [1.165, 1.54) is 25.8 Å².